The van der Waals surface area contributed by atoms with E-state index in [2.05, 4.69) is 9.97 Å². The van der Waals surface area contributed by atoms with Crippen LogP contribution < -0.4 is 0 Å². The molecule has 2 aliphatic rings. The molecule has 6 rings (SSSR count). The van der Waals surface area contributed by atoms with Crippen molar-refractivity contribution in [3.63, 3.8) is 0 Å². The van der Waals surface area contributed by atoms with E-state index in [-0.39, 0.29) is 0 Å². The van der Waals surface area contributed by atoms with Gasteiger partial charge in [0.2, 0.25) is 0 Å². The first-order chi connectivity index (χ1) is 19.2. The molecule has 0 atom stereocenters. The maximum Gasteiger partial charge on any atom is 0.737 e. The van der Waals surface area contributed by atoms with Crippen molar-refractivity contribution in [2.75, 3.05) is 0 Å². The van der Waals surface area contributed by atoms with Crippen molar-refractivity contribution in [3.8, 4) is 22.8 Å². The van der Waals surface area contributed by atoms with Gasteiger partial charge in [0, 0.05) is 36.2 Å². The first-order valence-corrected chi connectivity index (χ1v) is 13.9. The monoisotopic (exact) mass is 535 g/mol. The number of halogens is 2. The van der Waals surface area contributed by atoms with E-state index >= 15 is 8.63 Å². The molecule has 0 saturated heterocycles. The summed E-state index contributed by atoms with van der Waals surface area (Å²) in [6.45, 7) is 7.57. The van der Waals surface area contributed by atoms with Crippen molar-refractivity contribution in [1.82, 2.24) is 19.4 Å². The highest BCUT2D eigenvalue weighted by Crippen LogP contribution is 2.47. The van der Waals surface area contributed by atoms with E-state index in [1.165, 1.54) is 8.96 Å². The summed E-state index contributed by atoms with van der Waals surface area (Å²) in [5, 5.41) is 0. The highest BCUT2D eigenvalue weighted by atomic mass is 19.2. The van der Waals surface area contributed by atoms with Crippen molar-refractivity contribution >= 4 is 18.3 Å². The number of rotatable bonds is 5. The maximum absolute atomic E-state index is 16.7. The van der Waals surface area contributed by atoms with Crippen molar-refractivity contribution in [2.45, 2.75) is 54.4 Å². The number of aromatic nitrogens is 4. The summed E-state index contributed by atoms with van der Waals surface area (Å²) in [4.78, 5) is 14.1. The van der Waals surface area contributed by atoms with E-state index in [9.17, 15) is 0 Å². The molecule has 0 saturated carbocycles. The largest absolute Gasteiger partial charge is 0.737 e. The smallest absolute Gasteiger partial charge is 0.393 e. The Morgan fingerprint density at radius 2 is 1.43 bits per heavy atom. The normalized spacial score (nSPS) is 16.1. The summed E-state index contributed by atoms with van der Waals surface area (Å²) in [5.41, 5.74) is 10.5. The molecule has 4 aromatic rings. The predicted molar refractivity (Wildman–Crippen MR) is 157 cm³/mol. The molecule has 5 nitrogen and oxygen atoms in total. The van der Waals surface area contributed by atoms with Crippen LogP contribution in [0.25, 0.3) is 28.3 Å². The Morgan fingerprint density at radius 3 is 1.93 bits per heavy atom. The lowest BCUT2D eigenvalue weighted by atomic mass is 9.83. The fourth-order valence-electron chi connectivity index (χ4n) is 6.72. The van der Waals surface area contributed by atoms with Crippen LogP contribution in [-0.2, 0) is 6.42 Å². The second kappa shape index (κ2) is 9.47. The van der Waals surface area contributed by atoms with Gasteiger partial charge >= 0.3 is 6.97 Å². The van der Waals surface area contributed by atoms with Crippen LogP contribution in [0.1, 0.15) is 62.2 Å². The number of fused-ring (bicyclic) bond motifs is 2. The van der Waals surface area contributed by atoms with E-state index in [1.807, 2.05) is 90.1 Å². The Balaban J connectivity index is 1.77. The molecule has 0 bridgehead atoms. The van der Waals surface area contributed by atoms with E-state index in [4.69, 9.17) is 4.98 Å². The van der Waals surface area contributed by atoms with Crippen LogP contribution in [0, 0.1) is 13.8 Å². The third-order valence-corrected chi connectivity index (χ3v) is 8.46. The Hall–Kier alpha value is -4.20. The Kier molecular flexibility index (Phi) is 6.17. The van der Waals surface area contributed by atoms with Crippen LogP contribution in [0.2, 0.25) is 0 Å². The quantitative estimate of drug-likeness (QED) is 0.250. The van der Waals surface area contributed by atoms with Crippen LogP contribution in [0.15, 0.2) is 77.8 Å². The molecule has 40 heavy (non-hydrogen) atoms. The average molecular weight is 535 g/mol. The molecule has 4 aromatic heterocycles. The van der Waals surface area contributed by atoms with Gasteiger partial charge < -0.3 is 17.6 Å². The lowest BCUT2D eigenvalue weighted by Gasteiger charge is -2.34. The zero-order chi connectivity index (χ0) is 28.3. The molecule has 0 spiro atoms. The second-order valence-corrected chi connectivity index (χ2v) is 10.5. The number of hydrogen-bond donors (Lipinski definition) is 0. The standard InChI is InChI=1S/C32H32BF2N5/c1-7-24-19(3)31-30(32-20(4)25(8-2)22(6)40(32)33(34,35)39(31)21(24)5)23-17-28(26-13-9-11-15-36-26)38-29(18-23)27-14-10-12-16-37-27/h9-18H,7-8H2,1-6H3. The minimum Gasteiger partial charge on any atom is -0.393 e. The fourth-order valence-corrected chi connectivity index (χ4v) is 6.72. The summed E-state index contributed by atoms with van der Waals surface area (Å²) >= 11 is 0. The van der Waals surface area contributed by atoms with Gasteiger partial charge in [0.15, 0.2) is 5.70 Å². The number of allylic oxidation sites excluding steroid dienone is 2. The molecule has 8 heteroatoms. The topological polar surface area (TPSA) is 46.6 Å². The summed E-state index contributed by atoms with van der Waals surface area (Å²) in [6, 6.07) is 15.4. The molecular formula is C32H32BF2N5. The minimum atomic E-state index is -4.10. The van der Waals surface area contributed by atoms with Crippen LogP contribution in [0.5, 0.6) is 0 Å². The van der Waals surface area contributed by atoms with Crippen LogP contribution in [-0.4, -0.2) is 36.6 Å². The Labute approximate surface area is 233 Å². The van der Waals surface area contributed by atoms with Crippen molar-refractivity contribution in [1.29, 1.82) is 0 Å². The van der Waals surface area contributed by atoms with E-state index in [1.54, 1.807) is 12.4 Å². The first kappa shape index (κ1) is 26.0. The third-order valence-electron chi connectivity index (χ3n) is 8.46. The zero-order valence-electron chi connectivity index (χ0n) is 23.8. The van der Waals surface area contributed by atoms with Gasteiger partial charge in [-0.15, -0.1) is 0 Å². The summed E-state index contributed by atoms with van der Waals surface area (Å²) in [5.74, 6) is 0. The van der Waals surface area contributed by atoms with E-state index < -0.39 is 6.97 Å². The molecule has 0 amide bonds. The summed E-state index contributed by atoms with van der Waals surface area (Å²) < 4.78 is 36.0. The van der Waals surface area contributed by atoms with Gasteiger partial charge in [0.25, 0.3) is 0 Å². The van der Waals surface area contributed by atoms with Gasteiger partial charge in [-0.25, -0.2) is 4.98 Å². The maximum atomic E-state index is 16.7. The van der Waals surface area contributed by atoms with Crippen molar-refractivity contribution < 1.29 is 13.1 Å². The van der Waals surface area contributed by atoms with Gasteiger partial charge in [-0.3, -0.25) is 9.97 Å². The average Bonchev–Trinajstić information content (AvgIpc) is 3.38. The van der Waals surface area contributed by atoms with Gasteiger partial charge in [-0.2, -0.15) is 0 Å². The van der Waals surface area contributed by atoms with Crippen LogP contribution in [0.4, 0.5) is 8.63 Å². The second-order valence-electron chi connectivity index (χ2n) is 10.5. The summed E-state index contributed by atoms with van der Waals surface area (Å²) in [6.07, 6.45) is 4.83. The van der Waals surface area contributed by atoms with Gasteiger partial charge in [0.1, 0.15) is 5.71 Å². The highest BCUT2D eigenvalue weighted by Gasteiger charge is 2.56. The van der Waals surface area contributed by atoms with Crippen molar-refractivity contribution in [2.24, 2.45) is 0 Å². The van der Waals surface area contributed by atoms with Gasteiger partial charge in [-0.1, -0.05) is 26.0 Å². The molecule has 0 fully saturated rings. The van der Waals surface area contributed by atoms with Crippen molar-refractivity contribution in [3.05, 3.63) is 106 Å². The zero-order valence-corrected chi connectivity index (χ0v) is 23.8. The number of pyridine rings is 3. The molecule has 0 aliphatic carbocycles. The lowest BCUT2D eigenvalue weighted by molar-refractivity contribution is -0.363. The van der Waals surface area contributed by atoms with Gasteiger partial charge in [-0.05, 0) is 92.4 Å². The van der Waals surface area contributed by atoms with E-state index in [0.717, 1.165) is 33.4 Å². The van der Waals surface area contributed by atoms with Crippen LogP contribution in [0.3, 0.4) is 0 Å². The lowest BCUT2D eigenvalue weighted by Crippen LogP contribution is -2.51. The SMILES string of the molecule is CCC1=C(C)C2=C(c3cc(-c4ccccn4)nc(-c4ccccn4)c3)c3c(C)c(CC)c(C)n3[B-](F)(F)[N+]2=C1C. The highest BCUT2D eigenvalue weighted by molar-refractivity contribution is 6.58. The number of hydrogen-bond acceptors (Lipinski definition) is 3. The molecular weight excluding hydrogens is 503 g/mol. The molecule has 0 radical (unpaired) electrons. The minimum absolute atomic E-state index is 0.584. The summed E-state index contributed by atoms with van der Waals surface area (Å²) in [7, 11) is 0. The number of nitrogens with zero attached hydrogens (tertiary/aromatic N) is 5. The first-order valence-electron chi connectivity index (χ1n) is 13.9. The third kappa shape index (κ3) is 3.65. The molecule has 0 unspecified atom stereocenters. The molecule has 0 aromatic carbocycles. The fraction of sp³-hybridized carbons (Fsp3) is 0.250. The van der Waals surface area contributed by atoms with Crippen LogP contribution >= 0.6 is 0 Å². The molecule has 6 heterocycles. The Morgan fingerprint density at radius 1 is 0.825 bits per heavy atom. The predicted octanol–water partition coefficient (Wildman–Crippen LogP) is 7.40. The van der Waals surface area contributed by atoms with Gasteiger partial charge in [0.05, 0.1) is 28.3 Å². The van der Waals surface area contributed by atoms with E-state index in [0.29, 0.717) is 58.4 Å². The Bertz CT molecular complexity index is 1710. The molecule has 0 N–H and O–H groups in total. The molecule has 202 valence electrons. The molecule has 2 aliphatic heterocycles.